The van der Waals surface area contributed by atoms with Crippen molar-refractivity contribution in [2.24, 2.45) is 0 Å². The van der Waals surface area contributed by atoms with Gasteiger partial charge in [-0.1, -0.05) is 0 Å². The van der Waals surface area contributed by atoms with Crippen molar-refractivity contribution >= 4 is 23.1 Å². The number of Topliss-reactive ketones (excluding diaryl/α,β-unsaturated/α-hetero) is 1. The first kappa shape index (κ1) is 17.2. The van der Waals surface area contributed by atoms with Gasteiger partial charge in [0.15, 0.2) is 11.5 Å². The summed E-state index contributed by atoms with van der Waals surface area (Å²) in [6, 6.07) is 10.2. The van der Waals surface area contributed by atoms with E-state index in [1.165, 1.54) is 60.4 Å². The number of aliphatic hydroxyl groups excluding tert-OH is 1. The number of phenols is 1. The third-order valence-electron chi connectivity index (χ3n) is 4.13. The van der Waals surface area contributed by atoms with Crippen molar-refractivity contribution in [2.45, 2.75) is 13.0 Å². The van der Waals surface area contributed by atoms with Gasteiger partial charge in [-0.05, 0) is 48.9 Å². The second-order valence-corrected chi connectivity index (χ2v) is 5.76. The number of benzene rings is 2. The van der Waals surface area contributed by atoms with Crippen LogP contribution in [0.25, 0.3) is 0 Å². The van der Waals surface area contributed by atoms with Crippen LogP contribution in [-0.4, -0.2) is 26.8 Å². The SMILES string of the molecule is CC(=O)C1=C(O)C(=O)N(c2ccc(O)cc2)[C@H]1c1ccc([N+](=O)[O-])cc1. The minimum Gasteiger partial charge on any atom is -0.508 e. The molecule has 1 heterocycles. The van der Waals surface area contributed by atoms with E-state index in [4.69, 9.17) is 0 Å². The van der Waals surface area contributed by atoms with Crippen molar-refractivity contribution in [3.05, 3.63) is 75.5 Å². The summed E-state index contributed by atoms with van der Waals surface area (Å²) < 4.78 is 0. The lowest BCUT2D eigenvalue weighted by Crippen LogP contribution is -2.30. The molecule has 1 aliphatic rings. The van der Waals surface area contributed by atoms with Gasteiger partial charge in [-0.3, -0.25) is 24.6 Å². The van der Waals surface area contributed by atoms with Crippen molar-refractivity contribution in [1.82, 2.24) is 0 Å². The van der Waals surface area contributed by atoms with Crippen LogP contribution in [0.2, 0.25) is 0 Å². The minimum atomic E-state index is -0.926. The highest BCUT2D eigenvalue weighted by atomic mass is 16.6. The molecule has 0 fully saturated rings. The number of rotatable bonds is 4. The number of hydrogen-bond donors (Lipinski definition) is 2. The fraction of sp³-hybridized carbons (Fsp3) is 0.111. The van der Waals surface area contributed by atoms with Gasteiger partial charge >= 0.3 is 0 Å². The third kappa shape index (κ3) is 2.77. The molecular weight excluding hydrogens is 340 g/mol. The molecule has 1 amide bonds. The normalized spacial score (nSPS) is 16.9. The van der Waals surface area contributed by atoms with E-state index < -0.39 is 28.4 Å². The number of non-ortho nitro benzene ring substituents is 1. The molecule has 2 aromatic carbocycles. The Hall–Kier alpha value is -3.68. The van der Waals surface area contributed by atoms with Crippen LogP contribution in [0.4, 0.5) is 11.4 Å². The second kappa shape index (κ2) is 6.32. The quantitative estimate of drug-likeness (QED) is 0.643. The Labute approximate surface area is 147 Å². The first-order valence-corrected chi connectivity index (χ1v) is 7.62. The maximum Gasteiger partial charge on any atom is 0.294 e. The molecule has 0 radical (unpaired) electrons. The van der Waals surface area contributed by atoms with Gasteiger partial charge in [0.2, 0.25) is 0 Å². The summed E-state index contributed by atoms with van der Waals surface area (Å²) in [5, 5.41) is 30.5. The summed E-state index contributed by atoms with van der Waals surface area (Å²) in [7, 11) is 0. The van der Waals surface area contributed by atoms with Crippen LogP contribution in [-0.2, 0) is 9.59 Å². The van der Waals surface area contributed by atoms with E-state index in [1.54, 1.807) is 0 Å². The molecule has 1 atom stereocenters. The Morgan fingerprint density at radius 1 is 1.08 bits per heavy atom. The lowest BCUT2D eigenvalue weighted by molar-refractivity contribution is -0.384. The number of hydrogen-bond acceptors (Lipinski definition) is 6. The minimum absolute atomic E-state index is 0.00347. The smallest absolute Gasteiger partial charge is 0.294 e. The van der Waals surface area contributed by atoms with Gasteiger partial charge in [-0.15, -0.1) is 0 Å². The first-order chi connectivity index (χ1) is 12.3. The molecule has 26 heavy (non-hydrogen) atoms. The van der Waals surface area contributed by atoms with Gasteiger partial charge in [0.25, 0.3) is 11.6 Å². The average molecular weight is 354 g/mol. The third-order valence-corrected chi connectivity index (χ3v) is 4.13. The highest BCUT2D eigenvalue weighted by Crippen LogP contribution is 2.41. The molecule has 132 valence electrons. The molecule has 2 aromatic rings. The van der Waals surface area contributed by atoms with Crippen LogP contribution in [0.5, 0.6) is 5.75 Å². The maximum absolute atomic E-state index is 12.6. The maximum atomic E-state index is 12.6. The van der Waals surface area contributed by atoms with Crippen LogP contribution >= 0.6 is 0 Å². The molecule has 8 heteroatoms. The van der Waals surface area contributed by atoms with Crippen molar-refractivity contribution in [1.29, 1.82) is 0 Å². The van der Waals surface area contributed by atoms with Crippen LogP contribution in [0.3, 0.4) is 0 Å². The summed E-state index contributed by atoms with van der Waals surface area (Å²) >= 11 is 0. The van der Waals surface area contributed by atoms with E-state index in [1.807, 2.05) is 0 Å². The predicted molar refractivity (Wildman–Crippen MR) is 91.8 cm³/mol. The summed E-state index contributed by atoms with van der Waals surface area (Å²) in [6.07, 6.45) is 0. The largest absolute Gasteiger partial charge is 0.508 e. The zero-order valence-electron chi connectivity index (χ0n) is 13.6. The molecule has 0 saturated heterocycles. The number of nitro benzene ring substituents is 1. The number of carbonyl (C=O) groups excluding carboxylic acids is 2. The fourth-order valence-electron chi connectivity index (χ4n) is 2.94. The Balaban J connectivity index is 2.14. The number of amides is 1. The molecule has 8 nitrogen and oxygen atoms in total. The number of nitrogens with zero attached hydrogens (tertiary/aromatic N) is 2. The molecule has 0 aromatic heterocycles. The Morgan fingerprint density at radius 3 is 2.15 bits per heavy atom. The lowest BCUT2D eigenvalue weighted by atomic mass is 9.96. The summed E-state index contributed by atoms with van der Waals surface area (Å²) in [5.74, 6) is -1.91. The van der Waals surface area contributed by atoms with E-state index in [0.717, 1.165) is 0 Å². The fourth-order valence-corrected chi connectivity index (χ4v) is 2.94. The highest BCUT2D eigenvalue weighted by Gasteiger charge is 2.43. The number of aliphatic hydroxyl groups is 1. The van der Waals surface area contributed by atoms with Crippen LogP contribution < -0.4 is 4.90 Å². The molecule has 1 aliphatic heterocycles. The molecule has 0 bridgehead atoms. The molecule has 0 unspecified atom stereocenters. The van der Waals surface area contributed by atoms with Gasteiger partial charge in [0, 0.05) is 17.8 Å². The van der Waals surface area contributed by atoms with E-state index in [2.05, 4.69) is 0 Å². The predicted octanol–water partition coefficient (Wildman–Crippen LogP) is 2.79. The summed E-state index contributed by atoms with van der Waals surface area (Å²) in [5.41, 5.74) is 0.578. The standard InChI is InChI=1S/C18H14N2O6/c1-10(21)15-16(11-2-4-13(5-3-11)20(25)26)19(18(24)17(15)23)12-6-8-14(22)9-7-12/h2-9,16,22-23H,1H3/t16-/m0/s1. The van der Waals surface area contributed by atoms with E-state index in [0.29, 0.717) is 11.3 Å². The van der Waals surface area contributed by atoms with Gasteiger partial charge in [0.1, 0.15) is 5.75 Å². The van der Waals surface area contributed by atoms with Gasteiger partial charge in [-0.2, -0.15) is 0 Å². The number of phenolic OH excluding ortho intramolecular Hbond substituents is 1. The monoisotopic (exact) mass is 354 g/mol. The van der Waals surface area contributed by atoms with Gasteiger partial charge in [0.05, 0.1) is 16.5 Å². The van der Waals surface area contributed by atoms with Crippen molar-refractivity contribution in [3.8, 4) is 5.75 Å². The Kier molecular flexibility index (Phi) is 4.17. The van der Waals surface area contributed by atoms with E-state index >= 15 is 0 Å². The topological polar surface area (TPSA) is 121 Å². The molecule has 0 spiro atoms. The first-order valence-electron chi connectivity index (χ1n) is 7.62. The molecule has 2 N–H and O–H groups in total. The molecule has 0 aliphatic carbocycles. The van der Waals surface area contributed by atoms with Crippen LogP contribution in [0.15, 0.2) is 59.9 Å². The van der Waals surface area contributed by atoms with Crippen molar-refractivity contribution in [3.63, 3.8) is 0 Å². The van der Waals surface area contributed by atoms with Gasteiger partial charge in [-0.25, -0.2) is 0 Å². The zero-order chi connectivity index (χ0) is 19.0. The van der Waals surface area contributed by atoms with E-state index in [-0.39, 0.29) is 17.0 Å². The Morgan fingerprint density at radius 2 is 1.65 bits per heavy atom. The molecular formula is C18H14N2O6. The van der Waals surface area contributed by atoms with Crippen LogP contribution in [0.1, 0.15) is 18.5 Å². The number of ketones is 1. The van der Waals surface area contributed by atoms with Crippen molar-refractivity contribution < 1.29 is 24.7 Å². The van der Waals surface area contributed by atoms with Gasteiger partial charge < -0.3 is 10.2 Å². The summed E-state index contributed by atoms with van der Waals surface area (Å²) in [4.78, 5) is 36.1. The van der Waals surface area contributed by atoms with Crippen LogP contribution in [0, 0.1) is 10.1 Å². The molecule has 3 rings (SSSR count). The number of aromatic hydroxyl groups is 1. The molecule has 0 saturated carbocycles. The second-order valence-electron chi connectivity index (χ2n) is 5.76. The highest BCUT2D eigenvalue weighted by molar-refractivity contribution is 6.16. The number of anilines is 1. The zero-order valence-corrected chi connectivity index (χ0v) is 13.6. The Bertz CT molecular complexity index is 931. The van der Waals surface area contributed by atoms with E-state index in [9.17, 15) is 29.9 Å². The number of carbonyl (C=O) groups is 2. The van der Waals surface area contributed by atoms with Crippen molar-refractivity contribution in [2.75, 3.05) is 4.90 Å². The average Bonchev–Trinajstić information content (AvgIpc) is 2.87. The number of nitro groups is 1. The summed E-state index contributed by atoms with van der Waals surface area (Å²) in [6.45, 7) is 1.23. The lowest BCUT2D eigenvalue weighted by Gasteiger charge is -2.26.